The van der Waals surface area contributed by atoms with E-state index in [1.165, 1.54) is 6.07 Å². The summed E-state index contributed by atoms with van der Waals surface area (Å²) in [6.07, 6.45) is 3.86. The van der Waals surface area contributed by atoms with Gasteiger partial charge in [0.25, 0.3) is 0 Å². The van der Waals surface area contributed by atoms with Crippen molar-refractivity contribution in [3.8, 4) is 0 Å². The Morgan fingerprint density at radius 1 is 1.40 bits per heavy atom. The van der Waals surface area contributed by atoms with E-state index in [4.69, 9.17) is 0 Å². The van der Waals surface area contributed by atoms with Gasteiger partial charge in [-0.1, -0.05) is 35.3 Å². The molecule has 0 saturated carbocycles. The average Bonchev–Trinajstić information content (AvgIpc) is 2.43. The Morgan fingerprint density at radius 3 is 2.70 bits per heavy atom. The summed E-state index contributed by atoms with van der Waals surface area (Å²) in [7, 11) is 0. The van der Waals surface area contributed by atoms with Crippen molar-refractivity contribution in [3.05, 3.63) is 34.1 Å². The predicted molar refractivity (Wildman–Crippen MR) is 82.3 cm³/mol. The molecule has 1 fully saturated rings. The van der Waals surface area contributed by atoms with E-state index in [2.05, 4.69) is 28.2 Å². The zero-order chi connectivity index (χ0) is 14.6. The van der Waals surface area contributed by atoms with E-state index in [0.29, 0.717) is 10.0 Å². The number of Topliss-reactive ketones (excluding diaryl/α,β-unsaturated/α-hetero) is 1. The van der Waals surface area contributed by atoms with Gasteiger partial charge in [0.1, 0.15) is 11.6 Å². The maximum absolute atomic E-state index is 13.9. The van der Waals surface area contributed by atoms with E-state index in [-0.39, 0.29) is 23.4 Å². The van der Waals surface area contributed by atoms with Crippen LogP contribution in [0.4, 0.5) is 4.39 Å². The molecule has 20 heavy (non-hydrogen) atoms. The molecule has 0 bridgehead atoms. The zero-order valence-electron chi connectivity index (χ0n) is 11.8. The first-order valence-electron chi connectivity index (χ1n) is 7.25. The van der Waals surface area contributed by atoms with Gasteiger partial charge in [-0.3, -0.25) is 4.79 Å². The Bertz CT molecular complexity index is 478. The Labute approximate surface area is 128 Å². The number of hydrogen-bond donors (Lipinski definition) is 1. The molecule has 0 radical (unpaired) electrons. The van der Waals surface area contributed by atoms with Gasteiger partial charge in [0.15, 0.2) is 0 Å². The van der Waals surface area contributed by atoms with Crippen LogP contribution in [-0.2, 0) is 11.2 Å². The van der Waals surface area contributed by atoms with Crippen molar-refractivity contribution >= 4 is 21.7 Å². The van der Waals surface area contributed by atoms with Crippen molar-refractivity contribution in [2.24, 2.45) is 5.41 Å². The van der Waals surface area contributed by atoms with Crippen LogP contribution >= 0.6 is 15.9 Å². The molecule has 0 amide bonds. The fourth-order valence-electron chi connectivity index (χ4n) is 3.08. The standard InChI is InChI=1S/C16H21BrFNO/c1-2-5-16(6-8-19-9-7-16)15(20)10-12-3-4-13(17)11-14(12)18/h3-4,11,19H,2,5-10H2,1H3. The molecule has 110 valence electrons. The fraction of sp³-hybridized carbons (Fsp3) is 0.562. The second-order valence-corrected chi connectivity index (χ2v) is 6.53. The highest BCUT2D eigenvalue weighted by Gasteiger charge is 2.38. The number of hydrogen-bond acceptors (Lipinski definition) is 2. The van der Waals surface area contributed by atoms with Crippen molar-refractivity contribution < 1.29 is 9.18 Å². The van der Waals surface area contributed by atoms with E-state index in [1.807, 2.05) is 0 Å². The second-order valence-electron chi connectivity index (χ2n) is 5.62. The Balaban J connectivity index is 2.15. The van der Waals surface area contributed by atoms with Crippen molar-refractivity contribution in [2.75, 3.05) is 13.1 Å². The van der Waals surface area contributed by atoms with E-state index >= 15 is 0 Å². The van der Waals surface area contributed by atoms with E-state index < -0.39 is 0 Å². The van der Waals surface area contributed by atoms with Gasteiger partial charge in [0.05, 0.1) is 0 Å². The average molecular weight is 342 g/mol. The molecule has 1 aromatic carbocycles. The van der Waals surface area contributed by atoms with Crippen LogP contribution in [0.3, 0.4) is 0 Å². The molecule has 0 aromatic heterocycles. The monoisotopic (exact) mass is 341 g/mol. The van der Waals surface area contributed by atoms with Crippen LogP contribution in [0.15, 0.2) is 22.7 Å². The lowest BCUT2D eigenvalue weighted by molar-refractivity contribution is -0.130. The topological polar surface area (TPSA) is 29.1 Å². The molecule has 1 saturated heterocycles. The van der Waals surface area contributed by atoms with Crippen LogP contribution in [0.25, 0.3) is 0 Å². The highest BCUT2D eigenvalue weighted by molar-refractivity contribution is 9.10. The van der Waals surface area contributed by atoms with Gasteiger partial charge in [0, 0.05) is 16.3 Å². The minimum Gasteiger partial charge on any atom is -0.317 e. The zero-order valence-corrected chi connectivity index (χ0v) is 13.4. The van der Waals surface area contributed by atoms with Crippen molar-refractivity contribution in [1.82, 2.24) is 5.32 Å². The van der Waals surface area contributed by atoms with Crippen LogP contribution in [-0.4, -0.2) is 18.9 Å². The molecule has 0 atom stereocenters. The maximum atomic E-state index is 13.9. The van der Waals surface area contributed by atoms with Gasteiger partial charge in [-0.25, -0.2) is 4.39 Å². The fourth-order valence-corrected chi connectivity index (χ4v) is 3.41. The molecule has 0 unspecified atom stereocenters. The van der Waals surface area contributed by atoms with Gasteiger partial charge >= 0.3 is 0 Å². The van der Waals surface area contributed by atoms with Gasteiger partial charge in [-0.2, -0.15) is 0 Å². The number of ketones is 1. The third-order valence-electron chi connectivity index (χ3n) is 4.25. The van der Waals surface area contributed by atoms with Crippen molar-refractivity contribution in [1.29, 1.82) is 0 Å². The number of benzene rings is 1. The molecule has 1 aliphatic rings. The number of carbonyl (C=O) groups excluding carboxylic acids is 1. The quantitative estimate of drug-likeness (QED) is 0.880. The molecule has 2 nitrogen and oxygen atoms in total. The first kappa shape index (κ1) is 15.6. The highest BCUT2D eigenvalue weighted by Crippen LogP contribution is 2.36. The molecule has 0 spiro atoms. The van der Waals surface area contributed by atoms with Crippen molar-refractivity contribution in [2.45, 2.75) is 39.0 Å². The van der Waals surface area contributed by atoms with Gasteiger partial charge in [-0.05, 0) is 50.0 Å². The van der Waals surface area contributed by atoms with Crippen LogP contribution in [0.2, 0.25) is 0 Å². The van der Waals surface area contributed by atoms with Gasteiger partial charge in [0.2, 0.25) is 0 Å². The number of rotatable bonds is 5. The first-order chi connectivity index (χ1) is 9.57. The van der Waals surface area contributed by atoms with E-state index in [0.717, 1.165) is 38.8 Å². The highest BCUT2D eigenvalue weighted by atomic mass is 79.9. The number of piperidine rings is 1. The SMILES string of the molecule is CCCC1(C(=O)Cc2ccc(Br)cc2F)CCNCC1. The molecule has 1 N–H and O–H groups in total. The first-order valence-corrected chi connectivity index (χ1v) is 8.05. The van der Waals surface area contributed by atoms with Crippen LogP contribution in [0.5, 0.6) is 0 Å². The summed E-state index contributed by atoms with van der Waals surface area (Å²) in [5.41, 5.74) is 0.256. The normalized spacial score (nSPS) is 17.9. The Morgan fingerprint density at radius 2 is 2.10 bits per heavy atom. The third kappa shape index (κ3) is 3.47. The lowest BCUT2D eigenvalue weighted by atomic mass is 9.70. The Hall–Kier alpha value is -0.740. The van der Waals surface area contributed by atoms with Gasteiger partial charge in [-0.15, -0.1) is 0 Å². The number of halogens is 2. The molecule has 1 heterocycles. The summed E-state index contributed by atoms with van der Waals surface area (Å²) in [5.74, 6) is -0.101. The van der Waals surface area contributed by atoms with Crippen LogP contribution < -0.4 is 5.32 Å². The maximum Gasteiger partial charge on any atom is 0.143 e. The molecule has 0 aliphatic carbocycles. The molecular formula is C16H21BrFNO. The van der Waals surface area contributed by atoms with Gasteiger partial charge < -0.3 is 5.32 Å². The predicted octanol–water partition coefficient (Wildman–Crippen LogP) is 3.87. The summed E-state index contributed by atoms with van der Waals surface area (Å²) in [6.45, 7) is 3.88. The largest absolute Gasteiger partial charge is 0.317 e. The molecule has 1 aliphatic heterocycles. The lowest BCUT2D eigenvalue weighted by Gasteiger charge is -2.36. The number of carbonyl (C=O) groups is 1. The van der Waals surface area contributed by atoms with Crippen LogP contribution in [0, 0.1) is 11.2 Å². The van der Waals surface area contributed by atoms with E-state index in [9.17, 15) is 9.18 Å². The molecule has 1 aromatic rings. The third-order valence-corrected chi connectivity index (χ3v) is 4.74. The summed E-state index contributed by atoms with van der Waals surface area (Å²) < 4.78 is 14.6. The molecular weight excluding hydrogens is 321 g/mol. The summed E-state index contributed by atoms with van der Waals surface area (Å²) >= 11 is 3.24. The molecule has 4 heteroatoms. The smallest absolute Gasteiger partial charge is 0.143 e. The minimum atomic E-state index is -0.298. The van der Waals surface area contributed by atoms with E-state index in [1.54, 1.807) is 12.1 Å². The lowest BCUT2D eigenvalue weighted by Crippen LogP contribution is -2.42. The summed E-state index contributed by atoms with van der Waals surface area (Å²) in [4.78, 5) is 12.7. The minimum absolute atomic E-state index is 0.196. The van der Waals surface area contributed by atoms with Crippen LogP contribution in [0.1, 0.15) is 38.2 Å². The summed E-state index contributed by atoms with van der Waals surface area (Å²) in [5, 5.41) is 3.30. The Kier molecular flexibility index (Phi) is 5.33. The molecule has 2 rings (SSSR count). The van der Waals surface area contributed by atoms with Crippen molar-refractivity contribution in [3.63, 3.8) is 0 Å². The summed E-state index contributed by atoms with van der Waals surface area (Å²) in [6, 6.07) is 4.93. The number of nitrogens with one attached hydrogen (secondary N) is 1. The second kappa shape index (κ2) is 6.81.